The van der Waals surface area contributed by atoms with Gasteiger partial charge in [-0.3, -0.25) is 9.59 Å². The van der Waals surface area contributed by atoms with Gasteiger partial charge in [-0.15, -0.1) is 0 Å². The molecule has 0 atom stereocenters. The third-order valence-corrected chi connectivity index (χ3v) is 8.36. The highest BCUT2D eigenvalue weighted by Gasteiger charge is 2.39. The third-order valence-electron chi connectivity index (χ3n) is 7.01. The van der Waals surface area contributed by atoms with Gasteiger partial charge in [-0.1, -0.05) is 89.6 Å². The van der Waals surface area contributed by atoms with E-state index < -0.39 is 5.92 Å². The monoisotopic (exact) mass is 617 g/mol. The molecule has 5 rings (SSSR count). The summed E-state index contributed by atoms with van der Waals surface area (Å²) in [4.78, 5) is 32.8. The molecule has 0 unspecified atom stereocenters. The van der Waals surface area contributed by atoms with Crippen molar-refractivity contribution in [3.05, 3.63) is 129 Å². The minimum absolute atomic E-state index is 0.381. The zero-order valence-electron chi connectivity index (χ0n) is 23.2. The summed E-state index contributed by atoms with van der Waals surface area (Å²) in [6.45, 7) is 4.16. The Morgan fingerprint density at radius 2 is 1.33 bits per heavy atom. The number of nitrogens with one attached hydrogen (secondary N) is 3. The predicted octanol–water partition coefficient (Wildman–Crippen LogP) is 7.47. The number of dihydropyridines is 1. The third kappa shape index (κ3) is 6.11. The second-order valence-electron chi connectivity index (χ2n) is 9.74. The number of para-hydroxylation sites is 2. The fourth-order valence-electron chi connectivity index (χ4n) is 5.09. The van der Waals surface area contributed by atoms with Crippen molar-refractivity contribution in [1.82, 2.24) is 14.9 Å². The fourth-order valence-corrected chi connectivity index (χ4v) is 6.00. The molecule has 0 saturated carbocycles. The zero-order chi connectivity index (χ0) is 29.8. The number of allylic oxidation sites excluding steroid dienone is 2. The molecule has 0 saturated heterocycles. The van der Waals surface area contributed by atoms with E-state index in [9.17, 15) is 9.59 Å². The Morgan fingerprint density at radius 1 is 0.833 bits per heavy atom. The van der Waals surface area contributed by atoms with Crippen LogP contribution in [-0.4, -0.2) is 27.6 Å². The van der Waals surface area contributed by atoms with Crippen LogP contribution in [0.5, 0.6) is 0 Å². The van der Waals surface area contributed by atoms with Crippen molar-refractivity contribution >= 4 is 58.2 Å². The predicted molar refractivity (Wildman–Crippen MR) is 171 cm³/mol. The number of amides is 2. The highest BCUT2D eigenvalue weighted by molar-refractivity contribution is 7.98. The van der Waals surface area contributed by atoms with Gasteiger partial charge >= 0.3 is 0 Å². The number of aromatic nitrogens is 2. The molecule has 7 nitrogen and oxygen atoms in total. The van der Waals surface area contributed by atoms with Crippen molar-refractivity contribution in [2.75, 3.05) is 16.9 Å². The summed E-state index contributed by atoms with van der Waals surface area (Å²) in [6, 6.07) is 24.1. The maximum atomic E-state index is 14.1. The lowest BCUT2D eigenvalue weighted by atomic mass is 9.82. The maximum Gasteiger partial charge on any atom is 0.254 e. The topological polar surface area (TPSA) is 88.1 Å². The van der Waals surface area contributed by atoms with Crippen molar-refractivity contribution in [3.8, 4) is 0 Å². The first-order valence-corrected chi connectivity index (χ1v) is 15.2. The Bertz CT molecular complexity index is 1630. The lowest BCUT2D eigenvalue weighted by Gasteiger charge is -2.32. The number of hydrogen-bond donors (Lipinski definition) is 3. The van der Waals surface area contributed by atoms with Crippen LogP contribution in [-0.2, 0) is 16.1 Å². The molecule has 2 amide bonds. The SMILES string of the molecule is CSc1ncc(C2C(C(=O)Nc3ccccc3Cl)=C(C)NC(C)=C2C(=O)Nc2ccccc2Cl)n1Cc1ccccc1. The highest BCUT2D eigenvalue weighted by atomic mass is 35.5. The first-order chi connectivity index (χ1) is 20.3. The molecule has 1 aliphatic heterocycles. The number of benzene rings is 3. The molecular weight excluding hydrogens is 589 g/mol. The van der Waals surface area contributed by atoms with Crippen molar-refractivity contribution in [2.24, 2.45) is 0 Å². The van der Waals surface area contributed by atoms with Gasteiger partial charge in [0, 0.05) is 29.1 Å². The van der Waals surface area contributed by atoms with Gasteiger partial charge in [0.25, 0.3) is 11.8 Å². The van der Waals surface area contributed by atoms with Crippen LogP contribution < -0.4 is 16.0 Å². The molecule has 3 N–H and O–H groups in total. The molecule has 214 valence electrons. The number of hydrogen-bond acceptors (Lipinski definition) is 5. The number of nitrogens with zero attached hydrogens (tertiary/aromatic N) is 2. The molecule has 42 heavy (non-hydrogen) atoms. The minimum Gasteiger partial charge on any atom is -0.362 e. The molecule has 10 heteroatoms. The Labute approximate surface area is 259 Å². The fraction of sp³-hybridized carbons (Fsp3) is 0.156. The summed E-state index contributed by atoms with van der Waals surface area (Å²) in [6.07, 6.45) is 3.70. The van der Waals surface area contributed by atoms with Crippen molar-refractivity contribution in [1.29, 1.82) is 0 Å². The maximum absolute atomic E-state index is 14.1. The van der Waals surface area contributed by atoms with E-state index in [-0.39, 0.29) is 11.8 Å². The average molecular weight is 619 g/mol. The molecule has 0 fully saturated rings. The number of carbonyl (C=O) groups excluding carboxylic acids is 2. The van der Waals surface area contributed by atoms with Crippen LogP contribution in [0.15, 0.2) is 113 Å². The second-order valence-corrected chi connectivity index (χ2v) is 11.3. The second kappa shape index (κ2) is 12.9. The summed E-state index contributed by atoms with van der Waals surface area (Å²) >= 11 is 14.3. The van der Waals surface area contributed by atoms with Gasteiger partial charge in [0.2, 0.25) is 0 Å². The molecule has 0 spiro atoms. The number of rotatable bonds is 8. The molecule has 3 aromatic carbocycles. The molecule has 4 aromatic rings. The number of carbonyl (C=O) groups is 2. The summed E-state index contributed by atoms with van der Waals surface area (Å²) in [5, 5.41) is 10.8. The normalized spacial score (nSPS) is 13.6. The van der Waals surface area contributed by atoms with E-state index in [0.717, 1.165) is 10.7 Å². The van der Waals surface area contributed by atoms with E-state index in [1.54, 1.807) is 54.7 Å². The van der Waals surface area contributed by atoms with Gasteiger partial charge in [-0.25, -0.2) is 4.98 Å². The smallest absolute Gasteiger partial charge is 0.254 e. The van der Waals surface area contributed by atoms with Crippen LogP contribution in [0.2, 0.25) is 10.0 Å². The van der Waals surface area contributed by atoms with Crippen LogP contribution >= 0.6 is 35.0 Å². The van der Waals surface area contributed by atoms with Gasteiger partial charge < -0.3 is 20.5 Å². The van der Waals surface area contributed by atoms with E-state index >= 15 is 0 Å². The molecule has 2 heterocycles. The molecule has 1 aliphatic rings. The number of thioether (sulfide) groups is 1. The summed E-state index contributed by atoms with van der Waals surface area (Å²) < 4.78 is 2.06. The van der Waals surface area contributed by atoms with Crippen LogP contribution in [0.4, 0.5) is 11.4 Å². The highest BCUT2D eigenvalue weighted by Crippen LogP contribution is 2.41. The molecule has 1 aromatic heterocycles. The van der Waals surface area contributed by atoms with E-state index in [1.807, 2.05) is 50.4 Å². The lowest BCUT2D eigenvalue weighted by molar-refractivity contribution is -0.113. The van der Waals surface area contributed by atoms with E-state index in [4.69, 9.17) is 28.2 Å². The first-order valence-electron chi connectivity index (χ1n) is 13.2. The van der Waals surface area contributed by atoms with Gasteiger partial charge in [0.05, 0.1) is 39.2 Å². The summed E-state index contributed by atoms with van der Waals surface area (Å²) in [7, 11) is 0. The van der Waals surface area contributed by atoms with E-state index in [2.05, 4.69) is 20.5 Å². The van der Waals surface area contributed by atoms with Crippen molar-refractivity contribution in [3.63, 3.8) is 0 Å². The van der Waals surface area contributed by atoms with Crippen LogP contribution in [0.1, 0.15) is 31.0 Å². The Kier molecular flexibility index (Phi) is 9.06. The Morgan fingerprint density at radius 3 is 1.83 bits per heavy atom. The molecule has 0 bridgehead atoms. The van der Waals surface area contributed by atoms with E-state index in [0.29, 0.717) is 56.2 Å². The number of imidazole rings is 1. The first kappa shape index (κ1) is 29.5. The number of halogens is 2. The average Bonchev–Trinajstić information content (AvgIpc) is 3.37. The number of anilines is 2. The van der Waals surface area contributed by atoms with Gasteiger partial charge in [0.15, 0.2) is 5.16 Å². The van der Waals surface area contributed by atoms with Gasteiger partial charge in [0.1, 0.15) is 0 Å². The molecule has 0 radical (unpaired) electrons. The Balaban J connectivity index is 1.65. The van der Waals surface area contributed by atoms with Crippen LogP contribution in [0, 0.1) is 0 Å². The van der Waals surface area contributed by atoms with Gasteiger partial charge in [-0.2, -0.15) is 0 Å². The largest absolute Gasteiger partial charge is 0.362 e. The summed E-state index contributed by atoms with van der Waals surface area (Å²) in [5.74, 6) is -1.52. The molecule has 0 aliphatic carbocycles. The van der Waals surface area contributed by atoms with Gasteiger partial charge in [-0.05, 0) is 49.9 Å². The zero-order valence-corrected chi connectivity index (χ0v) is 25.6. The van der Waals surface area contributed by atoms with Crippen molar-refractivity contribution < 1.29 is 9.59 Å². The molecular formula is C32H29Cl2N5O2S. The minimum atomic E-state index is -0.756. The quantitative estimate of drug-likeness (QED) is 0.178. The Hall–Kier alpha value is -3.98. The lowest BCUT2D eigenvalue weighted by Crippen LogP contribution is -2.36. The van der Waals surface area contributed by atoms with Crippen molar-refractivity contribution in [2.45, 2.75) is 31.5 Å². The van der Waals surface area contributed by atoms with Crippen LogP contribution in [0.3, 0.4) is 0 Å². The van der Waals surface area contributed by atoms with Crippen LogP contribution in [0.25, 0.3) is 0 Å². The van der Waals surface area contributed by atoms with E-state index in [1.165, 1.54) is 11.8 Å². The standard InChI is InChI=1S/C32H29Cl2N5O2S/c1-19-27(30(40)37-24-15-9-7-13-22(24)33)29(26-17-35-32(42-3)39(26)18-21-11-5-4-6-12-21)28(20(2)36-19)31(41)38-25-16-10-8-14-23(25)34/h4-17,29,36H,18H2,1-3H3,(H,37,40)(H,38,41). The summed E-state index contributed by atoms with van der Waals surface area (Å²) in [5.41, 5.74) is 4.71.